The lowest BCUT2D eigenvalue weighted by Crippen LogP contribution is -2.54. The van der Waals surface area contributed by atoms with Gasteiger partial charge >= 0.3 is 0 Å². The zero-order valence-corrected chi connectivity index (χ0v) is 63.7. The Labute approximate surface area is 635 Å². The van der Waals surface area contributed by atoms with Crippen molar-refractivity contribution in [1.29, 1.82) is 0 Å². The van der Waals surface area contributed by atoms with Gasteiger partial charge in [-0.15, -0.1) is 0 Å². The molecule has 0 amide bonds. The number of rotatable bonds is 21. The highest BCUT2D eigenvalue weighted by Gasteiger charge is 2.51. The van der Waals surface area contributed by atoms with Crippen molar-refractivity contribution in [3.05, 3.63) is 299 Å². The molecule has 0 aliphatic heterocycles. The van der Waals surface area contributed by atoms with Gasteiger partial charge in [0.15, 0.2) is 175 Å². The minimum Gasteiger partial charge on any atom is -0.204 e. The van der Waals surface area contributed by atoms with Crippen LogP contribution in [0.4, 0.5) is 132 Å². The topological polar surface area (TPSA) is 0 Å². The second-order valence-electron chi connectivity index (χ2n) is 30.7. The molecular weight excluding hydrogens is 1620 g/mol. The molecule has 0 N–H and O–H groups in total. The highest BCUT2D eigenvalue weighted by molar-refractivity contribution is 7.02. The first-order valence-electron chi connectivity index (χ1n) is 34.5. The number of halogens is 30. The summed E-state index contributed by atoms with van der Waals surface area (Å²) in [5, 5.41) is -1.27. The number of allylic oxidation sites excluding steroid dienone is 3. The van der Waals surface area contributed by atoms with Crippen molar-refractivity contribution in [3.8, 4) is 0 Å². The molecule has 10 rings (SSSR count). The highest BCUT2D eigenvalue weighted by Crippen LogP contribution is 2.49. The molecule has 0 radical (unpaired) electrons. The standard InChI is InChI=1S/C78H57B3F30Si3/c1-112(2,3)76(34-19-13-10-14-20-34)37(79(40-46(82)58(94)70(106)59(95)47(40)83)41-48(84)60(96)71(107)61(97)49(41)85)28-31-25-32(29-38(77(113(4,5)6)35-21-15-11-16-22-35)80(42-50(86)62(98)72(108)63(99)51(42)87)43-52(88)64(100)73(109)65(101)53(43)89)27-33(26-31)30-39(78(114(7,8)9)36-23-17-12-18-24-36)81(44-54(90)66(102)74(110)67(103)55(44)91)45-56(92)68(104)75(111)69(105)57(45)93/h10-24,31-33H,25-30H2,1-9H3/b76-37-,77-38-,78-39-. The zero-order chi connectivity index (χ0) is 84.8. The van der Waals surface area contributed by atoms with Gasteiger partial charge < -0.3 is 0 Å². The average Bonchev–Trinajstić information content (AvgIpc) is 0.748. The van der Waals surface area contributed by atoms with E-state index in [2.05, 4.69) is 0 Å². The van der Waals surface area contributed by atoms with Crippen molar-refractivity contribution in [2.75, 3.05) is 0 Å². The fourth-order valence-corrected chi connectivity index (χ4v) is 22.8. The Morgan fingerprint density at radius 1 is 0.211 bits per heavy atom. The van der Waals surface area contributed by atoms with E-state index in [0.717, 1.165) is 0 Å². The molecule has 1 saturated carbocycles. The smallest absolute Gasteiger partial charge is 0.204 e. The molecule has 0 spiro atoms. The van der Waals surface area contributed by atoms with E-state index in [1.807, 2.05) is 0 Å². The van der Waals surface area contributed by atoms with Crippen molar-refractivity contribution < 1.29 is 132 Å². The maximum atomic E-state index is 17.3. The van der Waals surface area contributed by atoms with Crippen LogP contribution in [0.1, 0.15) is 55.2 Å². The summed E-state index contributed by atoms with van der Waals surface area (Å²) >= 11 is 0. The first-order valence-corrected chi connectivity index (χ1v) is 45.0. The van der Waals surface area contributed by atoms with Gasteiger partial charge in [0.05, 0.1) is 24.2 Å². The molecule has 0 aromatic heterocycles. The fraction of sp³-hybridized carbons (Fsp3) is 0.231. The molecule has 9 aromatic rings. The van der Waals surface area contributed by atoms with Gasteiger partial charge in [-0.2, -0.15) is 0 Å². The second kappa shape index (κ2) is 32.9. The quantitative estimate of drug-likeness (QED) is 0.0291. The summed E-state index contributed by atoms with van der Waals surface area (Å²) < 4.78 is 495. The van der Waals surface area contributed by atoms with Crippen LogP contribution >= 0.6 is 0 Å². The van der Waals surface area contributed by atoms with Gasteiger partial charge in [-0.05, 0) is 73.0 Å². The Balaban J connectivity index is 1.43. The largest absolute Gasteiger partial charge is 0.253 e. The van der Waals surface area contributed by atoms with Crippen LogP contribution in [0, 0.1) is 192 Å². The van der Waals surface area contributed by atoms with E-state index in [1.54, 1.807) is 0 Å². The third-order valence-corrected chi connectivity index (χ3v) is 26.5. The summed E-state index contributed by atoms with van der Waals surface area (Å²) in [4.78, 5) is 0. The SMILES string of the molecule is C[Si](C)(C)/C(=C(/CC1CC(C/C(B(c2c(F)c(F)c(F)c(F)c2F)c2c(F)c(F)c(F)c(F)c2F)=C(\c2ccccc2)[Si](C)(C)C)CC(C/C(B(c2c(F)c(F)c(F)c(F)c2F)c2c(F)c(F)c(F)c(F)c2F)=C(\c2ccccc2)[Si](C)(C)C)C1)B(c1c(F)c(F)c(F)c(F)c1F)c1c(F)c(F)c(F)c(F)c1F)c1ccccc1. The molecule has 0 unspecified atom stereocenters. The molecule has 0 heterocycles. The van der Waals surface area contributed by atoms with Gasteiger partial charge in [-0.3, -0.25) is 0 Å². The minimum atomic E-state index is -3.93. The Bertz CT molecular complexity index is 4530. The van der Waals surface area contributed by atoms with E-state index in [1.165, 1.54) is 150 Å². The lowest BCUT2D eigenvalue weighted by molar-refractivity contribution is 0.195. The van der Waals surface area contributed by atoms with Gasteiger partial charge in [0.1, 0.15) is 0 Å². The Morgan fingerprint density at radius 3 is 0.456 bits per heavy atom. The third-order valence-electron chi connectivity index (χ3n) is 20.2. The van der Waals surface area contributed by atoms with Crippen molar-refractivity contribution in [2.24, 2.45) is 17.8 Å². The first-order chi connectivity index (χ1) is 53.0. The molecule has 36 heteroatoms. The van der Waals surface area contributed by atoms with Crippen LogP contribution in [-0.4, -0.2) is 44.4 Å². The van der Waals surface area contributed by atoms with Crippen LogP contribution in [0.3, 0.4) is 0 Å². The maximum Gasteiger partial charge on any atom is 0.253 e. The van der Waals surface area contributed by atoms with E-state index >= 15 is 132 Å². The summed E-state index contributed by atoms with van der Waals surface area (Å²) in [6.45, 7) is 1.67. The summed E-state index contributed by atoms with van der Waals surface area (Å²) in [6, 6.07) is 18.4. The van der Waals surface area contributed by atoms with Crippen LogP contribution < -0.4 is 32.8 Å². The minimum absolute atomic E-state index is 0.226. The van der Waals surface area contributed by atoms with Crippen LogP contribution in [0.5, 0.6) is 0 Å². The van der Waals surface area contributed by atoms with Gasteiger partial charge in [-0.25, -0.2) is 132 Å². The predicted molar refractivity (Wildman–Crippen MR) is 381 cm³/mol. The van der Waals surface area contributed by atoms with E-state index in [4.69, 9.17) is 0 Å². The second-order valence-corrected chi connectivity index (χ2v) is 45.7. The summed E-state index contributed by atoms with van der Waals surface area (Å²) in [5.74, 6) is -94.5. The van der Waals surface area contributed by atoms with Gasteiger partial charge in [0.25, 0.3) is 20.1 Å². The van der Waals surface area contributed by atoms with Crippen LogP contribution in [0.15, 0.2) is 107 Å². The maximum absolute atomic E-state index is 17.3. The van der Waals surface area contributed by atoms with Crippen molar-refractivity contribution in [2.45, 2.75) is 97.4 Å². The first kappa shape index (κ1) is 87.3. The zero-order valence-electron chi connectivity index (χ0n) is 60.7. The molecular formula is C78H57B3F30Si3. The number of hydrogen-bond donors (Lipinski definition) is 0. The molecule has 0 atom stereocenters. The normalized spacial score (nSPS) is 15.7. The Hall–Kier alpha value is -9.05. The van der Waals surface area contributed by atoms with E-state index in [9.17, 15) is 0 Å². The van der Waals surface area contributed by atoms with Crippen LogP contribution in [0.25, 0.3) is 15.6 Å². The molecule has 600 valence electrons. The lowest BCUT2D eigenvalue weighted by Gasteiger charge is -2.41. The van der Waals surface area contributed by atoms with Gasteiger partial charge in [0, 0.05) is 32.8 Å². The third kappa shape index (κ3) is 15.7. The molecule has 0 nitrogen and oxygen atoms in total. The monoisotopic (exact) mass is 1680 g/mol. The van der Waals surface area contributed by atoms with Crippen molar-refractivity contribution >= 4 is 92.7 Å². The lowest BCUT2D eigenvalue weighted by atomic mass is 9.33. The predicted octanol–water partition coefficient (Wildman–Crippen LogP) is 20.9. The summed E-state index contributed by atoms with van der Waals surface area (Å²) in [6.07, 6.45) is -6.95. The fourth-order valence-electron chi connectivity index (χ4n) is 16.1. The summed E-state index contributed by atoms with van der Waals surface area (Å²) in [5.41, 5.74) is -17.9. The highest BCUT2D eigenvalue weighted by atomic mass is 28.3. The Kier molecular flexibility index (Phi) is 25.2. The van der Waals surface area contributed by atoms with Gasteiger partial charge in [-0.1, -0.05) is 182 Å². The number of hydrogen-bond acceptors (Lipinski definition) is 0. The molecule has 0 bridgehead atoms. The summed E-state index contributed by atoms with van der Waals surface area (Å²) in [7, 11) is -11.8. The molecule has 114 heavy (non-hydrogen) atoms. The van der Waals surface area contributed by atoms with E-state index in [0.29, 0.717) is 0 Å². The average molecular weight is 1680 g/mol. The van der Waals surface area contributed by atoms with E-state index < -0.39 is 340 Å². The van der Waals surface area contributed by atoms with Gasteiger partial charge in [0.2, 0.25) is 0 Å². The molecule has 1 aliphatic carbocycles. The van der Waals surface area contributed by atoms with Crippen LogP contribution in [0.2, 0.25) is 58.9 Å². The van der Waals surface area contributed by atoms with Crippen molar-refractivity contribution in [1.82, 2.24) is 0 Å². The number of benzene rings is 9. The molecule has 1 fully saturated rings. The molecule has 9 aromatic carbocycles. The Morgan fingerprint density at radius 2 is 0.333 bits per heavy atom. The van der Waals surface area contributed by atoms with Crippen molar-refractivity contribution in [3.63, 3.8) is 0 Å². The molecule has 1 aliphatic rings. The molecule has 0 saturated heterocycles. The van der Waals surface area contributed by atoms with Crippen LogP contribution in [-0.2, 0) is 0 Å². The van der Waals surface area contributed by atoms with E-state index in [-0.39, 0.29) is 16.7 Å².